The van der Waals surface area contributed by atoms with Crippen LogP contribution in [0.2, 0.25) is 0 Å². The Morgan fingerprint density at radius 1 is 1.29 bits per heavy atom. The van der Waals surface area contributed by atoms with E-state index in [9.17, 15) is 24.4 Å². The minimum absolute atomic E-state index is 0.145. The number of aromatic nitrogens is 2. The summed E-state index contributed by atoms with van der Waals surface area (Å²) in [5, 5.41) is 27.5. The van der Waals surface area contributed by atoms with E-state index in [4.69, 9.17) is 0 Å². The van der Waals surface area contributed by atoms with Gasteiger partial charge >= 0.3 is 5.97 Å². The van der Waals surface area contributed by atoms with Crippen LogP contribution < -0.4 is 0 Å². The molecule has 3 rings (SSSR count). The van der Waals surface area contributed by atoms with E-state index >= 15 is 0 Å². The minimum Gasteiger partial charge on any atom is -0.476 e. The number of carboxylic acid groups (broad SMARTS) is 1. The average Bonchev–Trinajstić information content (AvgIpc) is 2.91. The van der Waals surface area contributed by atoms with Crippen LogP contribution in [0.1, 0.15) is 10.5 Å². The molecule has 24 heavy (non-hydrogen) atoms. The zero-order chi connectivity index (χ0) is 17.3. The maximum Gasteiger partial charge on any atom is 0.358 e. The summed E-state index contributed by atoms with van der Waals surface area (Å²) in [7, 11) is 0. The number of imidazole rings is 1. The number of aromatic carboxylic acids is 1. The van der Waals surface area contributed by atoms with E-state index in [1.807, 2.05) is 0 Å². The zero-order valence-electron chi connectivity index (χ0n) is 11.8. The molecule has 2 heterocycles. The maximum atomic E-state index is 13.4. The first kappa shape index (κ1) is 15.2. The van der Waals surface area contributed by atoms with Gasteiger partial charge in [-0.05, 0) is 18.2 Å². The van der Waals surface area contributed by atoms with Crippen LogP contribution in [0.25, 0.3) is 5.65 Å². The van der Waals surface area contributed by atoms with Gasteiger partial charge in [-0.2, -0.15) is 0 Å². The molecule has 0 aliphatic carbocycles. The Morgan fingerprint density at radius 2 is 2.08 bits per heavy atom. The van der Waals surface area contributed by atoms with Crippen molar-refractivity contribution >= 4 is 28.8 Å². The summed E-state index contributed by atoms with van der Waals surface area (Å²) in [5.74, 6) is -2.15. The predicted octanol–water partition coefficient (Wildman–Crippen LogP) is 3.50. The molecule has 0 fully saturated rings. The van der Waals surface area contributed by atoms with Crippen molar-refractivity contribution < 1.29 is 19.2 Å². The molecule has 0 bridgehead atoms. The number of carbonyl (C=O) groups is 1. The predicted molar refractivity (Wildman–Crippen MR) is 79.4 cm³/mol. The quantitative estimate of drug-likeness (QED) is 0.446. The second-order valence-corrected chi connectivity index (χ2v) is 4.64. The molecule has 9 nitrogen and oxygen atoms in total. The van der Waals surface area contributed by atoms with Crippen molar-refractivity contribution in [3.8, 4) is 0 Å². The maximum absolute atomic E-state index is 13.4. The van der Waals surface area contributed by atoms with Crippen molar-refractivity contribution in [3.05, 3.63) is 64.2 Å². The monoisotopic (exact) mass is 329 g/mol. The molecule has 120 valence electrons. The molecule has 0 aliphatic heterocycles. The Labute approximate surface area is 132 Å². The smallest absolute Gasteiger partial charge is 0.358 e. The highest BCUT2D eigenvalue weighted by molar-refractivity contribution is 5.91. The van der Waals surface area contributed by atoms with E-state index in [-0.39, 0.29) is 22.8 Å². The van der Waals surface area contributed by atoms with Gasteiger partial charge in [0, 0.05) is 18.3 Å². The lowest BCUT2D eigenvalue weighted by Gasteiger charge is -1.97. The third-order valence-electron chi connectivity index (χ3n) is 3.06. The second-order valence-electron chi connectivity index (χ2n) is 4.64. The molecule has 0 radical (unpaired) electrons. The number of rotatable bonds is 4. The topological polar surface area (TPSA) is 122 Å². The third kappa shape index (κ3) is 2.79. The van der Waals surface area contributed by atoms with E-state index in [0.717, 1.165) is 16.7 Å². The Hall–Kier alpha value is -3.69. The van der Waals surface area contributed by atoms with Gasteiger partial charge in [0.25, 0.3) is 5.69 Å². The number of nitro benzene ring substituents is 1. The molecule has 0 saturated heterocycles. The van der Waals surface area contributed by atoms with E-state index in [2.05, 4.69) is 15.2 Å². The number of non-ortho nitro benzene ring substituents is 1. The van der Waals surface area contributed by atoms with E-state index in [1.54, 1.807) is 0 Å². The summed E-state index contributed by atoms with van der Waals surface area (Å²) < 4.78 is 14.5. The summed E-state index contributed by atoms with van der Waals surface area (Å²) in [4.78, 5) is 25.3. The Morgan fingerprint density at radius 3 is 2.79 bits per heavy atom. The van der Waals surface area contributed by atoms with Gasteiger partial charge in [0.05, 0.1) is 10.6 Å². The standard InChI is InChI=1S/C14H8FN5O4/c15-8-4-5-11-16-12(14(21)22)13(19(11)7-8)18-17-9-2-1-3-10(6-9)20(23)24/h1-7H,(H,21,22). The Kier molecular flexibility index (Phi) is 3.70. The summed E-state index contributed by atoms with van der Waals surface area (Å²) in [6.07, 6.45) is 1.02. The fraction of sp³-hybridized carbons (Fsp3) is 0. The summed E-state index contributed by atoms with van der Waals surface area (Å²) in [5.41, 5.74) is -0.266. The van der Waals surface area contributed by atoms with E-state index in [0.29, 0.717) is 0 Å². The van der Waals surface area contributed by atoms with Gasteiger partial charge in [-0.25, -0.2) is 14.2 Å². The van der Waals surface area contributed by atoms with Crippen LogP contribution in [0.5, 0.6) is 0 Å². The van der Waals surface area contributed by atoms with Crippen LogP contribution in [0.3, 0.4) is 0 Å². The SMILES string of the molecule is O=C(O)c1nc2ccc(F)cn2c1N=Nc1cccc([N+](=O)[O-])c1. The highest BCUT2D eigenvalue weighted by Crippen LogP contribution is 2.26. The Balaban J connectivity index is 2.10. The molecule has 1 N–H and O–H groups in total. The number of nitrogens with zero attached hydrogens (tertiary/aromatic N) is 5. The number of pyridine rings is 1. The molecular formula is C14H8FN5O4. The van der Waals surface area contributed by atoms with E-state index in [1.165, 1.54) is 30.3 Å². The van der Waals surface area contributed by atoms with Crippen molar-refractivity contribution in [2.75, 3.05) is 0 Å². The first-order valence-electron chi connectivity index (χ1n) is 6.53. The molecule has 3 aromatic rings. The van der Waals surface area contributed by atoms with Gasteiger partial charge in [0.15, 0.2) is 11.5 Å². The van der Waals surface area contributed by atoms with Gasteiger partial charge in [0.1, 0.15) is 11.5 Å². The largest absolute Gasteiger partial charge is 0.476 e. The number of halogens is 1. The van der Waals surface area contributed by atoms with Crippen LogP contribution >= 0.6 is 0 Å². The van der Waals surface area contributed by atoms with Gasteiger partial charge in [-0.15, -0.1) is 10.2 Å². The summed E-state index contributed by atoms with van der Waals surface area (Å²) in [6, 6.07) is 7.77. The fourth-order valence-corrected chi connectivity index (χ4v) is 2.02. The molecule has 0 amide bonds. The number of carboxylic acids is 1. The lowest BCUT2D eigenvalue weighted by Crippen LogP contribution is -1.96. The first-order chi connectivity index (χ1) is 11.5. The van der Waals surface area contributed by atoms with Crippen LogP contribution in [-0.2, 0) is 0 Å². The summed E-state index contributed by atoms with van der Waals surface area (Å²) in [6.45, 7) is 0. The molecule has 0 atom stereocenters. The van der Waals surface area contributed by atoms with Crippen LogP contribution in [0, 0.1) is 15.9 Å². The van der Waals surface area contributed by atoms with Crippen molar-refractivity contribution in [3.63, 3.8) is 0 Å². The first-order valence-corrected chi connectivity index (χ1v) is 6.53. The van der Waals surface area contributed by atoms with Crippen molar-refractivity contribution in [1.82, 2.24) is 9.38 Å². The van der Waals surface area contributed by atoms with Crippen LogP contribution in [0.4, 0.5) is 21.6 Å². The number of fused-ring (bicyclic) bond motifs is 1. The third-order valence-corrected chi connectivity index (χ3v) is 3.06. The Bertz CT molecular complexity index is 998. The minimum atomic E-state index is -1.35. The normalized spacial score (nSPS) is 11.2. The molecule has 2 aromatic heterocycles. The average molecular weight is 329 g/mol. The highest BCUT2D eigenvalue weighted by Gasteiger charge is 2.18. The molecular weight excluding hydrogens is 321 g/mol. The van der Waals surface area contributed by atoms with Gasteiger partial charge in [-0.1, -0.05) is 6.07 Å². The number of hydrogen-bond acceptors (Lipinski definition) is 6. The second kappa shape index (κ2) is 5.83. The molecule has 0 saturated carbocycles. The van der Waals surface area contributed by atoms with Gasteiger partial charge in [-0.3, -0.25) is 14.5 Å². The lowest BCUT2D eigenvalue weighted by atomic mass is 10.3. The zero-order valence-corrected chi connectivity index (χ0v) is 11.8. The van der Waals surface area contributed by atoms with E-state index < -0.39 is 22.4 Å². The van der Waals surface area contributed by atoms with Gasteiger partial charge in [0.2, 0.25) is 0 Å². The molecule has 0 unspecified atom stereocenters. The van der Waals surface area contributed by atoms with Crippen molar-refractivity contribution in [2.45, 2.75) is 0 Å². The summed E-state index contributed by atoms with van der Waals surface area (Å²) >= 11 is 0. The molecule has 0 aliphatic rings. The lowest BCUT2D eigenvalue weighted by molar-refractivity contribution is -0.384. The molecule has 1 aromatic carbocycles. The van der Waals surface area contributed by atoms with Crippen LogP contribution in [-0.4, -0.2) is 25.4 Å². The number of hydrogen-bond donors (Lipinski definition) is 1. The van der Waals surface area contributed by atoms with Crippen molar-refractivity contribution in [1.29, 1.82) is 0 Å². The fourth-order valence-electron chi connectivity index (χ4n) is 2.02. The number of nitro groups is 1. The van der Waals surface area contributed by atoms with Crippen LogP contribution in [0.15, 0.2) is 52.8 Å². The van der Waals surface area contributed by atoms with Gasteiger partial charge < -0.3 is 5.11 Å². The number of benzene rings is 1. The molecule has 0 spiro atoms. The number of azo groups is 1. The molecule has 10 heteroatoms. The highest BCUT2D eigenvalue weighted by atomic mass is 19.1. The van der Waals surface area contributed by atoms with Crippen molar-refractivity contribution in [2.24, 2.45) is 10.2 Å².